The van der Waals surface area contributed by atoms with Gasteiger partial charge in [-0.05, 0) is 26.2 Å². The van der Waals surface area contributed by atoms with Crippen LogP contribution in [0.5, 0.6) is 0 Å². The molecule has 1 amide bonds. The van der Waals surface area contributed by atoms with Crippen molar-refractivity contribution in [2.45, 2.75) is 26.2 Å². The summed E-state index contributed by atoms with van der Waals surface area (Å²) in [5.74, 6) is 1.72. The van der Waals surface area contributed by atoms with Crippen LogP contribution in [0.4, 0.5) is 11.8 Å². The Morgan fingerprint density at radius 3 is 2.41 bits per heavy atom. The number of anilines is 2. The van der Waals surface area contributed by atoms with Gasteiger partial charge in [0.05, 0.1) is 6.20 Å². The van der Waals surface area contributed by atoms with Gasteiger partial charge in [-0.25, -0.2) is 9.97 Å². The number of piperidine rings is 1. The highest BCUT2D eigenvalue weighted by Crippen LogP contribution is 2.22. The molecule has 8 heteroatoms. The van der Waals surface area contributed by atoms with Gasteiger partial charge < -0.3 is 14.7 Å². The minimum Gasteiger partial charge on any atom is -0.356 e. The maximum atomic E-state index is 12.5. The second-order valence-corrected chi connectivity index (χ2v) is 7.09. The Kier molecular flexibility index (Phi) is 5.13. The lowest BCUT2D eigenvalue weighted by atomic mass is 10.1. The summed E-state index contributed by atoms with van der Waals surface area (Å²) in [4.78, 5) is 36.4. The first-order valence-electron chi connectivity index (χ1n) is 9.61. The summed E-state index contributed by atoms with van der Waals surface area (Å²) in [7, 11) is 0. The molecule has 0 unspecified atom stereocenters. The molecule has 0 N–H and O–H groups in total. The Bertz CT molecular complexity index is 784. The van der Waals surface area contributed by atoms with E-state index in [-0.39, 0.29) is 5.91 Å². The zero-order valence-corrected chi connectivity index (χ0v) is 15.7. The average molecular weight is 367 g/mol. The van der Waals surface area contributed by atoms with E-state index in [1.54, 1.807) is 12.4 Å². The number of aryl methyl sites for hydroxylation is 1. The topological polar surface area (TPSA) is 78.4 Å². The summed E-state index contributed by atoms with van der Waals surface area (Å²) in [6.45, 7) is 6.85. The molecule has 142 valence electrons. The van der Waals surface area contributed by atoms with Crippen molar-refractivity contribution in [1.82, 2.24) is 24.8 Å². The number of rotatable bonds is 3. The quantitative estimate of drug-likeness (QED) is 0.814. The molecule has 27 heavy (non-hydrogen) atoms. The van der Waals surface area contributed by atoms with Crippen molar-refractivity contribution in [3.8, 4) is 0 Å². The van der Waals surface area contributed by atoms with Crippen LogP contribution < -0.4 is 9.80 Å². The van der Waals surface area contributed by atoms with Crippen molar-refractivity contribution in [1.29, 1.82) is 0 Å². The molecule has 2 aromatic rings. The molecular formula is C19H25N7O. The van der Waals surface area contributed by atoms with E-state index in [9.17, 15) is 4.79 Å². The predicted octanol–water partition coefficient (Wildman–Crippen LogP) is 1.53. The van der Waals surface area contributed by atoms with Crippen LogP contribution in [0.25, 0.3) is 0 Å². The smallest absolute Gasteiger partial charge is 0.274 e. The molecule has 2 saturated heterocycles. The van der Waals surface area contributed by atoms with Gasteiger partial charge in [0.25, 0.3) is 5.91 Å². The molecule has 0 bridgehead atoms. The standard InChI is InChI=1S/C19H25N7O/c1-15-13-17(24-7-3-2-4-8-24)23-19(22-15)26-11-9-25(10-12-26)18(27)16-14-20-5-6-21-16/h5-6,13-14H,2-4,7-12H2,1H3. The zero-order chi connectivity index (χ0) is 18.6. The number of nitrogens with zero attached hydrogens (tertiary/aromatic N) is 7. The lowest BCUT2D eigenvalue weighted by Crippen LogP contribution is -2.49. The molecule has 4 rings (SSSR count). The molecule has 0 spiro atoms. The third kappa shape index (κ3) is 3.99. The Morgan fingerprint density at radius 2 is 1.70 bits per heavy atom. The number of amides is 1. The number of aromatic nitrogens is 4. The Balaban J connectivity index is 1.43. The van der Waals surface area contributed by atoms with E-state index >= 15 is 0 Å². The van der Waals surface area contributed by atoms with Crippen LogP contribution in [0.3, 0.4) is 0 Å². The van der Waals surface area contributed by atoms with Crippen molar-refractivity contribution in [2.24, 2.45) is 0 Å². The summed E-state index contributed by atoms with van der Waals surface area (Å²) >= 11 is 0. The highest BCUT2D eigenvalue weighted by Gasteiger charge is 2.25. The van der Waals surface area contributed by atoms with Gasteiger partial charge in [-0.15, -0.1) is 0 Å². The SMILES string of the molecule is Cc1cc(N2CCCCC2)nc(N2CCN(C(=O)c3cnccn3)CC2)n1. The minimum atomic E-state index is -0.0677. The summed E-state index contributed by atoms with van der Waals surface area (Å²) in [6, 6.07) is 2.07. The van der Waals surface area contributed by atoms with Crippen molar-refractivity contribution in [3.05, 3.63) is 36.0 Å². The first-order chi connectivity index (χ1) is 13.2. The number of hydrogen-bond acceptors (Lipinski definition) is 7. The normalized spacial score (nSPS) is 17.9. The van der Waals surface area contributed by atoms with E-state index in [2.05, 4.69) is 30.8 Å². The van der Waals surface area contributed by atoms with Crippen LogP contribution in [0.15, 0.2) is 24.7 Å². The van der Waals surface area contributed by atoms with Gasteiger partial charge in [-0.2, -0.15) is 4.98 Å². The third-order valence-electron chi connectivity index (χ3n) is 5.14. The van der Waals surface area contributed by atoms with Gasteiger partial charge in [0.15, 0.2) is 0 Å². The average Bonchev–Trinajstić information content (AvgIpc) is 2.74. The molecule has 2 fully saturated rings. The van der Waals surface area contributed by atoms with Crippen LogP contribution >= 0.6 is 0 Å². The lowest BCUT2D eigenvalue weighted by molar-refractivity contribution is 0.0740. The molecule has 0 saturated carbocycles. The Hall–Kier alpha value is -2.77. The number of carbonyl (C=O) groups excluding carboxylic acids is 1. The maximum Gasteiger partial charge on any atom is 0.274 e. The second-order valence-electron chi connectivity index (χ2n) is 7.09. The van der Waals surface area contributed by atoms with Crippen LogP contribution in [-0.2, 0) is 0 Å². The molecule has 0 aromatic carbocycles. The van der Waals surface area contributed by atoms with Gasteiger partial charge in [-0.1, -0.05) is 0 Å². The van der Waals surface area contributed by atoms with Gasteiger partial charge in [0, 0.05) is 63.4 Å². The predicted molar refractivity (Wildman–Crippen MR) is 103 cm³/mol. The van der Waals surface area contributed by atoms with Crippen molar-refractivity contribution in [2.75, 3.05) is 49.1 Å². The van der Waals surface area contributed by atoms with Crippen LogP contribution in [0.1, 0.15) is 35.4 Å². The van der Waals surface area contributed by atoms with E-state index in [1.807, 2.05) is 11.8 Å². The first-order valence-corrected chi connectivity index (χ1v) is 9.61. The van der Waals surface area contributed by atoms with E-state index in [1.165, 1.54) is 25.5 Å². The van der Waals surface area contributed by atoms with Gasteiger partial charge in [0.1, 0.15) is 11.5 Å². The highest BCUT2D eigenvalue weighted by molar-refractivity contribution is 5.92. The highest BCUT2D eigenvalue weighted by atomic mass is 16.2. The van der Waals surface area contributed by atoms with Crippen molar-refractivity contribution in [3.63, 3.8) is 0 Å². The van der Waals surface area contributed by atoms with E-state index < -0.39 is 0 Å². The van der Waals surface area contributed by atoms with Crippen LogP contribution in [0, 0.1) is 6.92 Å². The third-order valence-corrected chi connectivity index (χ3v) is 5.14. The fourth-order valence-corrected chi connectivity index (χ4v) is 3.64. The first kappa shape index (κ1) is 17.6. The summed E-state index contributed by atoms with van der Waals surface area (Å²) in [6.07, 6.45) is 8.39. The fraction of sp³-hybridized carbons (Fsp3) is 0.526. The summed E-state index contributed by atoms with van der Waals surface area (Å²) in [5, 5.41) is 0. The number of hydrogen-bond donors (Lipinski definition) is 0. The van der Waals surface area contributed by atoms with E-state index in [0.717, 1.165) is 43.6 Å². The molecular weight excluding hydrogens is 342 g/mol. The summed E-state index contributed by atoms with van der Waals surface area (Å²) < 4.78 is 0. The van der Waals surface area contributed by atoms with Gasteiger partial charge >= 0.3 is 0 Å². The Morgan fingerprint density at radius 1 is 0.926 bits per heavy atom. The molecule has 2 aliphatic rings. The monoisotopic (exact) mass is 367 g/mol. The van der Waals surface area contributed by atoms with Crippen molar-refractivity contribution >= 4 is 17.7 Å². The van der Waals surface area contributed by atoms with Crippen LogP contribution in [0.2, 0.25) is 0 Å². The number of carbonyl (C=O) groups is 1. The molecule has 0 radical (unpaired) electrons. The fourth-order valence-electron chi connectivity index (χ4n) is 3.64. The van der Waals surface area contributed by atoms with Gasteiger partial charge in [0.2, 0.25) is 5.95 Å². The van der Waals surface area contributed by atoms with Crippen molar-refractivity contribution < 1.29 is 4.79 Å². The van der Waals surface area contributed by atoms with Gasteiger partial charge in [-0.3, -0.25) is 9.78 Å². The summed E-state index contributed by atoms with van der Waals surface area (Å²) in [5.41, 5.74) is 1.38. The Labute approximate surface area is 159 Å². The van der Waals surface area contributed by atoms with E-state index in [0.29, 0.717) is 18.8 Å². The lowest BCUT2D eigenvalue weighted by Gasteiger charge is -2.35. The molecule has 4 heterocycles. The maximum absolute atomic E-state index is 12.5. The molecule has 0 atom stereocenters. The zero-order valence-electron chi connectivity index (χ0n) is 15.7. The molecule has 2 aliphatic heterocycles. The minimum absolute atomic E-state index is 0.0677. The molecule has 8 nitrogen and oxygen atoms in total. The molecule has 0 aliphatic carbocycles. The van der Waals surface area contributed by atoms with Crippen LogP contribution in [-0.4, -0.2) is 70.0 Å². The molecule has 2 aromatic heterocycles. The second kappa shape index (κ2) is 7.85. The largest absolute Gasteiger partial charge is 0.356 e. The van der Waals surface area contributed by atoms with E-state index in [4.69, 9.17) is 4.98 Å². The number of piperazine rings is 1.